The van der Waals surface area contributed by atoms with Gasteiger partial charge in [0, 0.05) is 19.1 Å². The number of allylic oxidation sites excluding steroid dienone is 1. The highest BCUT2D eigenvalue weighted by Gasteiger charge is 2.20. The summed E-state index contributed by atoms with van der Waals surface area (Å²) in [5, 5.41) is 3.69. The highest BCUT2D eigenvalue weighted by atomic mass is 15.2. The summed E-state index contributed by atoms with van der Waals surface area (Å²) in [7, 11) is 0. The van der Waals surface area contributed by atoms with Crippen LogP contribution < -0.4 is 5.32 Å². The quantitative estimate of drug-likeness (QED) is 0.722. The molecule has 0 aliphatic carbocycles. The highest BCUT2D eigenvalue weighted by molar-refractivity contribution is 4.83. The van der Waals surface area contributed by atoms with Gasteiger partial charge in [0.05, 0.1) is 0 Å². The van der Waals surface area contributed by atoms with Crippen molar-refractivity contribution in [3.8, 4) is 0 Å². The Morgan fingerprint density at radius 2 is 2.31 bits per heavy atom. The van der Waals surface area contributed by atoms with Crippen LogP contribution in [-0.4, -0.2) is 37.1 Å². The lowest BCUT2D eigenvalue weighted by Gasteiger charge is -2.27. The molecule has 16 heavy (non-hydrogen) atoms. The Hall–Kier alpha value is -0.340. The van der Waals surface area contributed by atoms with Crippen molar-refractivity contribution in [2.24, 2.45) is 5.92 Å². The van der Waals surface area contributed by atoms with Crippen LogP contribution in [0.5, 0.6) is 0 Å². The van der Waals surface area contributed by atoms with Crippen LogP contribution in [0.3, 0.4) is 0 Å². The summed E-state index contributed by atoms with van der Waals surface area (Å²) in [5.74, 6) is 0.794. The van der Waals surface area contributed by atoms with E-state index in [1.165, 1.54) is 45.4 Å². The van der Waals surface area contributed by atoms with Crippen LogP contribution >= 0.6 is 0 Å². The van der Waals surface area contributed by atoms with Crippen molar-refractivity contribution in [2.45, 2.75) is 46.1 Å². The van der Waals surface area contributed by atoms with E-state index in [2.05, 4.69) is 43.1 Å². The fourth-order valence-electron chi connectivity index (χ4n) is 2.32. The maximum absolute atomic E-state index is 3.69. The number of hydrogen-bond donors (Lipinski definition) is 1. The Kier molecular flexibility index (Phi) is 6.74. The minimum absolute atomic E-state index is 0.693. The molecule has 2 nitrogen and oxygen atoms in total. The molecule has 2 atom stereocenters. The highest BCUT2D eigenvalue weighted by Crippen LogP contribution is 2.12. The first kappa shape index (κ1) is 13.7. The molecule has 2 unspecified atom stereocenters. The van der Waals surface area contributed by atoms with Crippen molar-refractivity contribution in [3.63, 3.8) is 0 Å². The number of rotatable bonds is 5. The van der Waals surface area contributed by atoms with Gasteiger partial charge in [-0.1, -0.05) is 32.4 Å². The van der Waals surface area contributed by atoms with Gasteiger partial charge in [-0.3, -0.25) is 0 Å². The van der Waals surface area contributed by atoms with Gasteiger partial charge in [-0.25, -0.2) is 0 Å². The van der Waals surface area contributed by atoms with Gasteiger partial charge in [-0.05, 0) is 38.8 Å². The topological polar surface area (TPSA) is 15.3 Å². The van der Waals surface area contributed by atoms with E-state index in [0.717, 1.165) is 5.92 Å². The van der Waals surface area contributed by atoms with E-state index in [1.54, 1.807) is 0 Å². The van der Waals surface area contributed by atoms with Crippen molar-refractivity contribution in [2.75, 3.05) is 26.2 Å². The Morgan fingerprint density at radius 1 is 1.50 bits per heavy atom. The molecule has 1 rings (SSSR count). The van der Waals surface area contributed by atoms with Gasteiger partial charge in [0.15, 0.2) is 0 Å². The molecule has 0 aromatic rings. The zero-order valence-electron chi connectivity index (χ0n) is 11.2. The minimum Gasteiger partial charge on any atom is -0.312 e. The fraction of sp³-hybridized carbons (Fsp3) is 0.857. The molecule has 0 amide bonds. The van der Waals surface area contributed by atoms with E-state index in [0.29, 0.717) is 6.04 Å². The van der Waals surface area contributed by atoms with Crippen LogP contribution in [0.2, 0.25) is 0 Å². The van der Waals surface area contributed by atoms with Crippen molar-refractivity contribution in [3.05, 3.63) is 12.2 Å². The van der Waals surface area contributed by atoms with Crippen LogP contribution in [0.4, 0.5) is 0 Å². The molecule has 1 saturated heterocycles. The molecule has 1 fully saturated rings. The predicted molar refractivity (Wildman–Crippen MR) is 71.7 cm³/mol. The van der Waals surface area contributed by atoms with E-state index in [-0.39, 0.29) is 0 Å². The molecule has 0 bridgehead atoms. The second kappa shape index (κ2) is 7.86. The second-order valence-corrected chi connectivity index (χ2v) is 4.96. The van der Waals surface area contributed by atoms with E-state index in [4.69, 9.17) is 0 Å². The van der Waals surface area contributed by atoms with Gasteiger partial charge in [-0.2, -0.15) is 0 Å². The molecular formula is C14H28N2. The van der Waals surface area contributed by atoms with Crippen molar-refractivity contribution in [1.82, 2.24) is 10.2 Å². The van der Waals surface area contributed by atoms with Gasteiger partial charge >= 0.3 is 0 Å². The molecule has 1 aliphatic heterocycles. The van der Waals surface area contributed by atoms with Crippen molar-refractivity contribution < 1.29 is 0 Å². The normalized spacial score (nSPS) is 25.8. The van der Waals surface area contributed by atoms with Gasteiger partial charge in [0.25, 0.3) is 0 Å². The molecule has 0 radical (unpaired) electrons. The van der Waals surface area contributed by atoms with E-state index >= 15 is 0 Å². The number of nitrogens with one attached hydrogen (secondary N) is 1. The summed E-state index contributed by atoms with van der Waals surface area (Å²) in [5.41, 5.74) is 0. The molecule has 0 saturated carbocycles. The summed E-state index contributed by atoms with van der Waals surface area (Å²) < 4.78 is 0. The maximum Gasteiger partial charge on any atom is 0.0220 e. The van der Waals surface area contributed by atoms with Gasteiger partial charge in [-0.15, -0.1) is 0 Å². The summed E-state index contributed by atoms with van der Waals surface area (Å²) >= 11 is 0. The Morgan fingerprint density at radius 3 is 3.00 bits per heavy atom. The Labute approximate surface area is 101 Å². The smallest absolute Gasteiger partial charge is 0.0220 e. The number of nitrogens with zero attached hydrogens (tertiary/aromatic N) is 1. The number of hydrogen-bond acceptors (Lipinski definition) is 2. The third-order valence-electron chi connectivity index (χ3n) is 3.69. The molecular weight excluding hydrogens is 196 g/mol. The molecule has 1 heterocycles. The predicted octanol–water partition coefficient (Wildman–Crippen LogP) is 2.66. The zero-order chi connectivity index (χ0) is 11.8. The average molecular weight is 224 g/mol. The van der Waals surface area contributed by atoms with E-state index in [1.807, 2.05) is 0 Å². The lowest BCUT2D eigenvalue weighted by Crippen LogP contribution is -2.42. The molecule has 0 spiro atoms. The van der Waals surface area contributed by atoms with Crippen molar-refractivity contribution >= 4 is 0 Å². The molecule has 94 valence electrons. The lowest BCUT2D eigenvalue weighted by atomic mass is 9.99. The standard InChI is InChI=1S/C14H28N2/c1-4-6-7-10-16-11-8-9-15-14(12-16)13(3)5-2/h4,6,13-15H,5,7-12H2,1-3H3/b6-4+. The van der Waals surface area contributed by atoms with Gasteiger partial charge in [0.1, 0.15) is 0 Å². The first-order chi connectivity index (χ1) is 7.77. The SMILES string of the molecule is C/C=C/CCN1CCCNC(C(C)CC)C1. The summed E-state index contributed by atoms with van der Waals surface area (Å²) in [4.78, 5) is 2.62. The minimum atomic E-state index is 0.693. The van der Waals surface area contributed by atoms with Crippen LogP contribution in [0.1, 0.15) is 40.0 Å². The molecule has 1 N–H and O–H groups in total. The first-order valence-electron chi connectivity index (χ1n) is 6.84. The zero-order valence-corrected chi connectivity index (χ0v) is 11.2. The van der Waals surface area contributed by atoms with Crippen LogP contribution in [0, 0.1) is 5.92 Å². The van der Waals surface area contributed by atoms with Gasteiger partial charge < -0.3 is 10.2 Å². The Balaban J connectivity index is 2.39. The molecule has 0 aromatic carbocycles. The van der Waals surface area contributed by atoms with Crippen LogP contribution in [0.15, 0.2) is 12.2 Å². The lowest BCUT2D eigenvalue weighted by molar-refractivity contribution is 0.241. The average Bonchev–Trinajstić information content (AvgIpc) is 2.54. The molecule has 1 aliphatic rings. The third-order valence-corrected chi connectivity index (χ3v) is 3.69. The fourth-order valence-corrected chi connectivity index (χ4v) is 2.32. The third kappa shape index (κ3) is 4.67. The second-order valence-electron chi connectivity index (χ2n) is 4.96. The monoisotopic (exact) mass is 224 g/mol. The summed E-state index contributed by atoms with van der Waals surface area (Å²) in [6.45, 7) is 11.7. The van der Waals surface area contributed by atoms with Crippen LogP contribution in [-0.2, 0) is 0 Å². The van der Waals surface area contributed by atoms with E-state index in [9.17, 15) is 0 Å². The summed E-state index contributed by atoms with van der Waals surface area (Å²) in [6.07, 6.45) is 8.20. The van der Waals surface area contributed by atoms with E-state index < -0.39 is 0 Å². The molecule has 0 aromatic heterocycles. The summed E-state index contributed by atoms with van der Waals surface area (Å²) in [6, 6.07) is 0.693. The van der Waals surface area contributed by atoms with Crippen molar-refractivity contribution in [1.29, 1.82) is 0 Å². The Bertz CT molecular complexity index is 201. The largest absolute Gasteiger partial charge is 0.312 e. The van der Waals surface area contributed by atoms with Gasteiger partial charge in [0.2, 0.25) is 0 Å². The van der Waals surface area contributed by atoms with Crippen LogP contribution in [0.25, 0.3) is 0 Å². The maximum atomic E-state index is 3.69. The molecule has 2 heteroatoms. The first-order valence-corrected chi connectivity index (χ1v) is 6.84.